The molecule has 1 atom stereocenters. The van der Waals surface area contributed by atoms with Crippen molar-refractivity contribution in [2.75, 3.05) is 18.4 Å². The number of hydrogen-bond acceptors (Lipinski definition) is 2. The Kier molecular flexibility index (Phi) is 3.99. The van der Waals surface area contributed by atoms with Gasteiger partial charge in [0, 0.05) is 18.8 Å². The van der Waals surface area contributed by atoms with Crippen molar-refractivity contribution in [2.45, 2.75) is 12.8 Å². The van der Waals surface area contributed by atoms with Gasteiger partial charge in [-0.2, -0.15) is 0 Å². The monoisotopic (exact) mass is 266 g/mol. The van der Waals surface area contributed by atoms with E-state index in [9.17, 15) is 14.0 Å². The first-order valence-corrected chi connectivity index (χ1v) is 6.10. The average molecular weight is 266 g/mol. The molecular formula is C13H15FN2O3. The van der Waals surface area contributed by atoms with Crippen molar-refractivity contribution in [1.29, 1.82) is 0 Å². The minimum absolute atomic E-state index is 0.211. The van der Waals surface area contributed by atoms with Crippen LogP contribution in [0.5, 0.6) is 0 Å². The number of benzene rings is 1. The molecule has 1 aliphatic heterocycles. The van der Waals surface area contributed by atoms with E-state index in [0.29, 0.717) is 25.1 Å². The lowest BCUT2D eigenvalue weighted by molar-refractivity contribution is -0.143. The molecule has 1 aliphatic rings. The molecule has 2 rings (SSSR count). The van der Waals surface area contributed by atoms with E-state index in [-0.39, 0.29) is 18.4 Å². The number of likely N-dealkylation sites (tertiary alicyclic amines) is 1. The molecule has 0 aromatic heterocycles. The fourth-order valence-electron chi connectivity index (χ4n) is 2.10. The molecule has 5 nitrogen and oxygen atoms in total. The van der Waals surface area contributed by atoms with Crippen molar-refractivity contribution in [1.82, 2.24) is 4.90 Å². The smallest absolute Gasteiger partial charge is 0.321 e. The number of urea groups is 1. The van der Waals surface area contributed by atoms with Gasteiger partial charge >= 0.3 is 12.0 Å². The van der Waals surface area contributed by atoms with Gasteiger partial charge in [-0.3, -0.25) is 4.79 Å². The third-order valence-electron chi connectivity index (χ3n) is 3.15. The van der Waals surface area contributed by atoms with Crippen LogP contribution in [0.25, 0.3) is 0 Å². The number of nitrogens with zero attached hydrogens (tertiary/aromatic N) is 1. The largest absolute Gasteiger partial charge is 0.481 e. The molecule has 102 valence electrons. The van der Waals surface area contributed by atoms with Crippen molar-refractivity contribution in [2.24, 2.45) is 5.92 Å². The van der Waals surface area contributed by atoms with Crippen molar-refractivity contribution in [3.05, 3.63) is 30.1 Å². The van der Waals surface area contributed by atoms with Gasteiger partial charge in [0.25, 0.3) is 0 Å². The number of carbonyl (C=O) groups excluding carboxylic acids is 1. The molecule has 19 heavy (non-hydrogen) atoms. The zero-order valence-corrected chi connectivity index (χ0v) is 10.3. The first kappa shape index (κ1) is 13.3. The Morgan fingerprint density at radius 1 is 1.32 bits per heavy atom. The Labute approximate surface area is 110 Å². The molecule has 0 saturated carbocycles. The summed E-state index contributed by atoms with van der Waals surface area (Å²) in [5.74, 6) is -1.76. The number of piperidine rings is 1. The summed E-state index contributed by atoms with van der Waals surface area (Å²) in [4.78, 5) is 24.3. The van der Waals surface area contributed by atoms with E-state index < -0.39 is 11.9 Å². The SMILES string of the molecule is O=C(O)C1CCCN(C(=O)Nc2ccc(F)cc2)C1. The molecule has 1 aromatic carbocycles. The highest BCUT2D eigenvalue weighted by atomic mass is 19.1. The van der Waals surface area contributed by atoms with Gasteiger partial charge in [-0.05, 0) is 37.1 Å². The molecule has 1 saturated heterocycles. The summed E-state index contributed by atoms with van der Waals surface area (Å²) in [6, 6.07) is 5.09. The molecule has 0 radical (unpaired) electrons. The predicted molar refractivity (Wildman–Crippen MR) is 67.4 cm³/mol. The topological polar surface area (TPSA) is 69.6 Å². The van der Waals surface area contributed by atoms with Gasteiger partial charge in [-0.25, -0.2) is 9.18 Å². The fourth-order valence-corrected chi connectivity index (χ4v) is 2.10. The van der Waals surface area contributed by atoms with Crippen LogP contribution in [0.15, 0.2) is 24.3 Å². The second-order valence-corrected chi connectivity index (χ2v) is 4.56. The lowest BCUT2D eigenvalue weighted by Gasteiger charge is -2.30. The van der Waals surface area contributed by atoms with Crippen LogP contribution in [0.1, 0.15) is 12.8 Å². The van der Waals surface area contributed by atoms with E-state index in [2.05, 4.69) is 5.32 Å². The standard InChI is InChI=1S/C13H15FN2O3/c14-10-3-5-11(6-4-10)15-13(19)16-7-1-2-9(8-16)12(17)18/h3-6,9H,1-2,7-8H2,(H,15,19)(H,17,18). The minimum Gasteiger partial charge on any atom is -0.481 e. The Hall–Kier alpha value is -2.11. The lowest BCUT2D eigenvalue weighted by Crippen LogP contribution is -2.44. The van der Waals surface area contributed by atoms with Crippen LogP contribution < -0.4 is 5.32 Å². The summed E-state index contributed by atoms with van der Waals surface area (Å²) >= 11 is 0. The number of hydrogen-bond donors (Lipinski definition) is 2. The summed E-state index contributed by atoms with van der Waals surface area (Å²) in [5.41, 5.74) is 0.490. The van der Waals surface area contributed by atoms with Gasteiger partial charge in [0.05, 0.1) is 5.92 Å². The molecule has 0 aliphatic carbocycles. The molecule has 2 N–H and O–H groups in total. The molecule has 1 unspecified atom stereocenters. The summed E-state index contributed by atoms with van der Waals surface area (Å²) < 4.78 is 12.7. The Morgan fingerprint density at radius 2 is 2.00 bits per heavy atom. The second kappa shape index (κ2) is 5.69. The van der Waals surface area contributed by atoms with Gasteiger partial charge in [-0.15, -0.1) is 0 Å². The molecule has 2 amide bonds. The maximum Gasteiger partial charge on any atom is 0.321 e. The van der Waals surface area contributed by atoms with Gasteiger partial charge in [0.2, 0.25) is 0 Å². The van der Waals surface area contributed by atoms with Crippen LogP contribution in [-0.4, -0.2) is 35.1 Å². The Balaban J connectivity index is 1.96. The predicted octanol–water partition coefficient (Wildman–Crippen LogP) is 2.15. The minimum atomic E-state index is -0.876. The van der Waals surface area contributed by atoms with Crippen molar-refractivity contribution >= 4 is 17.7 Å². The lowest BCUT2D eigenvalue weighted by atomic mass is 9.99. The van der Waals surface area contributed by atoms with Crippen LogP contribution in [0, 0.1) is 11.7 Å². The number of carbonyl (C=O) groups is 2. The number of nitrogens with one attached hydrogen (secondary N) is 1. The number of aliphatic carboxylic acids is 1. The van der Waals surface area contributed by atoms with E-state index in [1.54, 1.807) is 0 Å². The Bertz CT molecular complexity index is 475. The summed E-state index contributed by atoms with van der Waals surface area (Å²) in [6.45, 7) is 0.749. The summed E-state index contributed by atoms with van der Waals surface area (Å²) in [5, 5.41) is 11.6. The van der Waals surface area contributed by atoms with E-state index in [1.165, 1.54) is 29.2 Å². The van der Waals surface area contributed by atoms with Gasteiger partial charge in [0.1, 0.15) is 5.82 Å². The van der Waals surface area contributed by atoms with Crippen molar-refractivity contribution in [3.63, 3.8) is 0 Å². The van der Waals surface area contributed by atoms with Gasteiger partial charge in [-0.1, -0.05) is 0 Å². The van der Waals surface area contributed by atoms with E-state index in [0.717, 1.165) is 0 Å². The summed E-state index contributed by atoms with van der Waals surface area (Å²) in [6.07, 6.45) is 1.27. The normalized spacial score (nSPS) is 19.0. The average Bonchev–Trinajstić information content (AvgIpc) is 2.41. The van der Waals surface area contributed by atoms with Crippen LogP contribution >= 0.6 is 0 Å². The first-order valence-electron chi connectivity index (χ1n) is 6.10. The van der Waals surface area contributed by atoms with Crippen LogP contribution in [0.4, 0.5) is 14.9 Å². The highest BCUT2D eigenvalue weighted by Gasteiger charge is 2.28. The third kappa shape index (κ3) is 3.43. The van der Waals surface area contributed by atoms with E-state index in [1.807, 2.05) is 0 Å². The fraction of sp³-hybridized carbons (Fsp3) is 0.385. The van der Waals surface area contributed by atoms with Gasteiger partial charge < -0.3 is 15.3 Å². The van der Waals surface area contributed by atoms with Crippen molar-refractivity contribution < 1.29 is 19.1 Å². The number of carboxylic acid groups (broad SMARTS) is 1. The van der Waals surface area contributed by atoms with Gasteiger partial charge in [0.15, 0.2) is 0 Å². The maximum absolute atomic E-state index is 12.7. The quantitative estimate of drug-likeness (QED) is 0.861. The molecule has 1 heterocycles. The maximum atomic E-state index is 12.7. The zero-order chi connectivity index (χ0) is 13.8. The highest BCUT2D eigenvalue weighted by Crippen LogP contribution is 2.18. The number of rotatable bonds is 2. The second-order valence-electron chi connectivity index (χ2n) is 4.56. The Morgan fingerprint density at radius 3 is 2.63 bits per heavy atom. The van der Waals surface area contributed by atoms with E-state index >= 15 is 0 Å². The number of anilines is 1. The van der Waals surface area contributed by atoms with Crippen LogP contribution in [0.3, 0.4) is 0 Å². The molecular weight excluding hydrogens is 251 g/mol. The molecule has 0 spiro atoms. The van der Waals surface area contributed by atoms with E-state index in [4.69, 9.17) is 5.11 Å². The number of halogens is 1. The zero-order valence-electron chi connectivity index (χ0n) is 10.3. The van der Waals surface area contributed by atoms with Crippen molar-refractivity contribution in [3.8, 4) is 0 Å². The molecule has 1 fully saturated rings. The number of amides is 2. The molecule has 1 aromatic rings. The van der Waals surface area contributed by atoms with Crippen LogP contribution in [0.2, 0.25) is 0 Å². The first-order chi connectivity index (χ1) is 9.06. The van der Waals surface area contributed by atoms with Crippen LogP contribution in [-0.2, 0) is 4.79 Å². The third-order valence-corrected chi connectivity index (χ3v) is 3.15. The molecule has 0 bridgehead atoms. The molecule has 6 heteroatoms. The number of carboxylic acids is 1. The summed E-state index contributed by atoms with van der Waals surface area (Å²) in [7, 11) is 0. The highest BCUT2D eigenvalue weighted by molar-refractivity contribution is 5.89.